The van der Waals surface area contributed by atoms with Gasteiger partial charge in [0.25, 0.3) is 0 Å². The Morgan fingerprint density at radius 2 is 2.03 bits per heavy atom. The molecule has 0 radical (unpaired) electrons. The van der Waals surface area contributed by atoms with Crippen molar-refractivity contribution in [3.63, 3.8) is 0 Å². The van der Waals surface area contributed by atoms with Crippen LogP contribution in [0.5, 0.6) is 11.5 Å². The Morgan fingerprint density at radius 3 is 2.77 bits per heavy atom. The predicted molar refractivity (Wildman–Crippen MR) is 126 cm³/mol. The van der Waals surface area contributed by atoms with E-state index in [0.29, 0.717) is 22.3 Å². The number of ether oxygens (including phenoxy) is 2. The zero-order valence-electron chi connectivity index (χ0n) is 17.4. The standard InChI is InChI=1S/C23H25FIN3O3/c1-23(2,28-13-16(29)14-31-22-18(24)6-4-7-19(22)25)11-15-12-27-21-17(15)5-3-8-20(21)30-10-9-26/h3-8,12,16,27-29H,10-11,13-14H2,1-2H3/t16-/m0/s1. The SMILES string of the molecule is CC(C)(Cc1c[nH]c2c(OCC#N)cccc12)NC[C@H](O)COc1c(F)cccc1I. The van der Waals surface area contributed by atoms with Crippen LogP contribution in [-0.4, -0.2) is 41.5 Å². The van der Waals surface area contributed by atoms with Crippen LogP contribution >= 0.6 is 22.6 Å². The fourth-order valence-electron chi connectivity index (χ4n) is 3.35. The Bertz CT molecular complexity index is 1060. The molecule has 0 aliphatic carbocycles. The first-order chi connectivity index (χ1) is 14.8. The highest BCUT2D eigenvalue weighted by atomic mass is 127. The number of aliphatic hydroxyl groups is 1. The van der Waals surface area contributed by atoms with E-state index in [9.17, 15) is 9.50 Å². The van der Waals surface area contributed by atoms with Crippen LogP contribution in [0, 0.1) is 20.7 Å². The van der Waals surface area contributed by atoms with Gasteiger partial charge in [-0.2, -0.15) is 5.26 Å². The maximum atomic E-state index is 13.9. The molecule has 2 aromatic carbocycles. The Labute approximate surface area is 194 Å². The molecule has 0 spiro atoms. The third kappa shape index (κ3) is 6.09. The highest BCUT2D eigenvalue weighted by Crippen LogP contribution is 2.29. The lowest BCUT2D eigenvalue weighted by Gasteiger charge is -2.28. The lowest BCUT2D eigenvalue weighted by atomic mass is 9.94. The van der Waals surface area contributed by atoms with Crippen molar-refractivity contribution < 1.29 is 19.0 Å². The van der Waals surface area contributed by atoms with E-state index in [0.717, 1.165) is 16.5 Å². The van der Waals surface area contributed by atoms with Gasteiger partial charge < -0.3 is 24.9 Å². The largest absolute Gasteiger partial charge is 0.487 e. The summed E-state index contributed by atoms with van der Waals surface area (Å²) in [6.07, 6.45) is 1.85. The van der Waals surface area contributed by atoms with E-state index < -0.39 is 11.9 Å². The van der Waals surface area contributed by atoms with Crippen LogP contribution in [0.1, 0.15) is 19.4 Å². The van der Waals surface area contributed by atoms with Gasteiger partial charge in [-0.05, 0) is 66.6 Å². The lowest BCUT2D eigenvalue weighted by molar-refractivity contribution is 0.0964. The number of halogens is 2. The number of fused-ring (bicyclic) bond motifs is 1. The number of nitriles is 1. The quantitative estimate of drug-likeness (QED) is 0.338. The van der Waals surface area contributed by atoms with Crippen molar-refractivity contribution in [3.8, 4) is 17.6 Å². The van der Waals surface area contributed by atoms with E-state index in [2.05, 4.69) is 24.1 Å². The van der Waals surface area contributed by atoms with E-state index in [4.69, 9.17) is 14.7 Å². The fraction of sp³-hybridized carbons (Fsp3) is 0.348. The third-order valence-electron chi connectivity index (χ3n) is 4.84. The van der Waals surface area contributed by atoms with E-state index in [-0.39, 0.29) is 24.5 Å². The molecule has 164 valence electrons. The topological polar surface area (TPSA) is 90.3 Å². The molecule has 0 amide bonds. The first kappa shape index (κ1) is 23.3. The highest BCUT2D eigenvalue weighted by molar-refractivity contribution is 14.1. The number of H-pyrrole nitrogens is 1. The first-order valence-electron chi connectivity index (χ1n) is 9.89. The number of aliphatic hydroxyl groups excluding tert-OH is 1. The Kier molecular flexibility index (Phi) is 7.75. The molecule has 6 nitrogen and oxygen atoms in total. The minimum Gasteiger partial charge on any atom is -0.487 e. The lowest BCUT2D eigenvalue weighted by Crippen LogP contribution is -2.46. The smallest absolute Gasteiger partial charge is 0.174 e. The summed E-state index contributed by atoms with van der Waals surface area (Å²) in [4.78, 5) is 3.23. The summed E-state index contributed by atoms with van der Waals surface area (Å²) in [7, 11) is 0. The van der Waals surface area contributed by atoms with Gasteiger partial charge in [0.15, 0.2) is 18.2 Å². The minimum atomic E-state index is -0.788. The summed E-state index contributed by atoms with van der Waals surface area (Å²) in [6, 6.07) is 12.4. The van der Waals surface area contributed by atoms with E-state index in [1.165, 1.54) is 6.07 Å². The molecule has 0 unspecified atom stereocenters. The molecular formula is C23H25FIN3O3. The second kappa shape index (κ2) is 10.3. The van der Waals surface area contributed by atoms with Crippen LogP contribution in [0.2, 0.25) is 0 Å². The number of hydrogen-bond donors (Lipinski definition) is 3. The predicted octanol–water partition coefficient (Wildman–Crippen LogP) is 4.16. The second-order valence-electron chi connectivity index (χ2n) is 7.90. The number of hydrogen-bond acceptors (Lipinski definition) is 5. The number of nitrogens with zero attached hydrogens (tertiary/aromatic N) is 1. The molecule has 31 heavy (non-hydrogen) atoms. The van der Waals surface area contributed by atoms with Crippen LogP contribution in [0.4, 0.5) is 4.39 Å². The van der Waals surface area contributed by atoms with Gasteiger partial charge in [0.05, 0.1) is 9.09 Å². The molecule has 0 bridgehead atoms. The van der Waals surface area contributed by atoms with Gasteiger partial charge in [0.2, 0.25) is 0 Å². The van der Waals surface area contributed by atoms with Crippen molar-refractivity contribution in [2.45, 2.75) is 31.9 Å². The Morgan fingerprint density at radius 1 is 1.26 bits per heavy atom. The monoisotopic (exact) mass is 537 g/mol. The normalized spacial score (nSPS) is 12.5. The molecule has 1 aromatic heterocycles. The number of aromatic nitrogens is 1. The van der Waals surface area contributed by atoms with Crippen LogP contribution in [0.3, 0.4) is 0 Å². The molecule has 0 aliphatic rings. The van der Waals surface area contributed by atoms with Crippen molar-refractivity contribution in [1.82, 2.24) is 10.3 Å². The number of para-hydroxylation sites is 2. The van der Waals surface area contributed by atoms with Gasteiger partial charge in [-0.1, -0.05) is 18.2 Å². The number of rotatable bonds is 10. The number of nitrogens with one attached hydrogen (secondary N) is 2. The van der Waals surface area contributed by atoms with Gasteiger partial charge in [-0.15, -0.1) is 0 Å². The van der Waals surface area contributed by atoms with Crippen molar-refractivity contribution in [2.24, 2.45) is 0 Å². The molecule has 3 N–H and O–H groups in total. The summed E-state index contributed by atoms with van der Waals surface area (Å²) >= 11 is 2.01. The summed E-state index contributed by atoms with van der Waals surface area (Å²) in [5.41, 5.74) is 1.64. The minimum absolute atomic E-state index is 0.00725. The maximum Gasteiger partial charge on any atom is 0.174 e. The van der Waals surface area contributed by atoms with Gasteiger partial charge >= 0.3 is 0 Å². The molecular weight excluding hydrogens is 512 g/mol. The van der Waals surface area contributed by atoms with Crippen molar-refractivity contribution in [3.05, 3.63) is 57.5 Å². The molecule has 1 heterocycles. The van der Waals surface area contributed by atoms with Crippen molar-refractivity contribution in [1.29, 1.82) is 5.26 Å². The molecule has 8 heteroatoms. The molecule has 1 atom stereocenters. The Hall–Kier alpha value is -2.35. The molecule has 0 saturated carbocycles. The fourth-order valence-corrected chi connectivity index (χ4v) is 3.97. The van der Waals surface area contributed by atoms with Gasteiger partial charge in [-0.3, -0.25) is 0 Å². The summed E-state index contributed by atoms with van der Waals surface area (Å²) in [6.45, 7) is 4.39. The van der Waals surface area contributed by atoms with Crippen LogP contribution in [0.25, 0.3) is 10.9 Å². The molecule has 0 fully saturated rings. The zero-order valence-corrected chi connectivity index (χ0v) is 19.6. The second-order valence-corrected chi connectivity index (χ2v) is 9.06. The number of aromatic amines is 1. The molecule has 0 aliphatic heterocycles. The number of benzene rings is 2. The average molecular weight is 537 g/mol. The van der Waals surface area contributed by atoms with Gasteiger partial charge in [0, 0.05) is 23.7 Å². The number of β-amino-alcohol motifs (C(OH)–C–C–N with tert-alkyl or cyclic N) is 1. The molecule has 3 aromatic rings. The van der Waals surface area contributed by atoms with Crippen LogP contribution in [0.15, 0.2) is 42.6 Å². The maximum absolute atomic E-state index is 13.9. The van der Waals surface area contributed by atoms with Crippen LogP contribution in [-0.2, 0) is 6.42 Å². The molecule has 0 saturated heterocycles. The summed E-state index contributed by atoms with van der Waals surface area (Å²) in [5.74, 6) is 0.367. The van der Waals surface area contributed by atoms with E-state index in [1.807, 2.05) is 53.1 Å². The summed E-state index contributed by atoms with van der Waals surface area (Å²) in [5, 5.41) is 23.5. The first-order valence-corrected chi connectivity index (χ1v) is 11.0. The van der Waals surface area contributed by atoms with Crippen molar-refractivity contribution >= 4 is 33.5 Å². The van der Waals surface area contributed by atoms with E-state index in [1.54, 1.807) is 12.1 Å². The van der Waals surface area contributed by atoms with Crippen molar-refractivity contribution in [2.75, 3.05) is 19.8 Å². The average Bonchev–Trinajstić information content (AvgIpc) is 3.13. The van der Waals surface area contributed by atoms with E-state index >= 15 is 0 Å². The summed E-state index contributed by atoms with van der Waals surface area (Å²) < 4.78 is 25.5. The zero-order chi connectivity index (χ0) is 22.4. The highest BCUT2D eigenvalue weighted by Gasteiger charge is 2.22. The van der Waals surface area contributed by atoms with Gasteiger partial charge in [0.1, 0.15) is 24.5 Å². The Balaban J connectivity index is 1.58. The van der Waals surface area contributed by atoms with Crippen LogP contribution < -0.4 is 14.8 Å². The van der Waals surface area contributed by atoms with Gasteiger partial charge in [-0.25, -0.2) is 4.39 Å². The molecule has 3 rings (SSSR count). The third-order valence-corrected chi connectivity index (χ3v) is 5.69.